The number of unbranched alkanes of at least 4 members (excludes halogenated alkanes) is 1. The SMILES string of the molecule is CCCCC(C)(C)N(C(C)C)S(=O)c1nc2ccccc2s1. The van der Waals surface area contributed by atoms with Crippen LogP contribution in [0.2, 0.25) is 0 Å². The number of thiazole rings is 1. The molecule has 0 saturated heterocycles. The van der Waals surface area contributed by atoms with Crippen molar-refractivity contribution in [1.82, 2.24) is 9.29 Å². The van der Waals surface area contributed by atoms with Crippen LogP contribution in [0.5, 0.6) is 0 Å². The second-order valence-corrected chi connectivity index (χ2v) is 9.10. The first-order valence-electron chi connectivity index (χ1n) is 7.93. The summed E-state index contributed by atoms with van der Waals surface area (Å²) in [5.74, 6) is 0. The normalized spacial score (nSPS) is 14.1. The summed E-state index contributed by atoms with van der Waals surface area (Å²) >= 11 is 1.54. The Morgan fingerprint density at radius 3 is 2.59 bits per heavy atom. The average Bonchev–Trinajstić information content (AvgIpc) is 2.88. The Labute approximate surface area is 140 Å². The third-order valence-electron chi connectivity index (χ3n) is 3.81. The molecule has 1 heterocycles. The molecule has 1 aromatic heterocycles. The van der Waals surface area contributed by atoms with Crippen LogP contribution in [0, 0.1) is 0 Å². The summed E-state index contributed by atoms with van der Waals surface area (Å²) in [6.07, 6.45) is 3.34. The zero-order valence-electron chi connectivity index (χ0n) is 14.1. The van der Waals surface area contributed by atoms with Crippen LogP contribution in [0.15, 0.2) is 28.6 Å². The van der Waals surface area contributed by atoms with Crippen molar-refractivity contribution in [1.29, 1.82) is 0 Å². The lowest BCUT2D eigenvalue weighted by molar-refractivity contribution is 0.184. The van der Waals surface area contributed by atoms with Crippen LogP contribution in [-0.4, -0.2) is 25.1 Å². The van der Waals surface area contributed by atoms with Crippen molar-refractivity contribution in [3.8, 4) is 0 Å². The minimum Gasteiger partial charge on any atom is -0.235 e. The molecule has 5 heteroatoms. The minimum atomic E-state index is -1.22. The first-order chi connectivity index (χ1) is 10.4. The Morgan fingerprint density at radius 1 is 1.32 bits per heavy atom. The van der Waals surface area contributed by atoms with Crippen LogP contribution < -0.4 is 0 Å². The van der Waals surface area contributed by atoms with Gasteiger partial charge in [-0.3, -0.25) is 0 Å². The Bertz CT molecular complexity index is 616. The van der Waals surface area contributed by atoms with E-state index < -0.39 is 11.0 Å². The van der Waals surface area contributed by atoms with Gasteiger partial charge in [-0.1, -0.05) is 31.9 Å². The molecular weight excluding hydrogens is 312 g/mol. The molecule has 122 valence electrons. The fourth-order valence-corrected chi connectivity index (χ4v) is 5.60. The molecule has 0 radical (unpaired) electrons. The molecule has 0 aliphatic carbocycles. The summed E-state index contributed by atoms with van der Waals surface area (Å²) in [6, 6.07) is 8.20. The first-order valence-corrected chi connectivity index (χ1v) is 9.86. The summed E-state index contributed by atoms with van der Waals surface area (Å²) in [4.78, 5) is 4.59. The highest BCUT2D eigenvalue weighted by molar-refractivity contribution is 7.85. The lowest BCUT2D eigenvalue weighted by Crippen LogP contribution is -2.48. The van der Waals surface area contributed by atoms with E-state index in [1.807, 2.05) is 24.3 Å². The van der Waals surface area contributed by atoms with Gasteiger partial charge in [-0.05, 0) is 46.2 Å². The number of aromatic nitrogens is 1. The van der Waals surface area contributed by atoms with Crippen LogP contribution in [0.1, 0.15) is 53.9 Å². The number of fused-ring (bicyclic) bond motifs is 1. The van der Waals surface area contributed by atoms with Crippen molar-refractivity contribution in [3.05, 3.63) is 24.3 Å². The molecule has 1 atom stereocenters. The Morgan fingerprint density at radius 2 is 2.00 bits per heavy atom. The van der Waals surface area contributed by atoms with E-state index in [1.165, 1.54) is 11.3 Å². The lowest BCUT2D eigenvalue weighted by Gasteiger charge is -2.39. The van der Waals surface area contributed by atoms with E-state index in [0.29, 0.717) is 4.34 Å². The molecule has 0 N–H and O–H groups in total. The molecule has 0 fully saturated rings. The van der Waals surface area contributed by atoms with Crippen LogP contribution >= 0.6 is 11.3 Å². The molecule has 3 nitrogen and oxygen atoms in total. The van der Waals surface area contributed by atoms with E-state index in [1.54, 1.807) is 0 Å². The second kappa shape index (κ2) is 7.20. The van der Waals surface area contributed by atoms with Crippen LogP contribution in [0.25, 0.3) is 10.2 Å². The monoisotopic (exact) mass is 338 g/mol. The van der Waals surface area contributed by atoms with Crippen LogP contribution in [-0.2, 0) is 11.0 Å². The van der Waals surface area contributed by atoms with Gasteiger partial charge in [0.15, 0.2) is 15.3 Å². The zero-order chi connectivity index (χ0) is 16.3. The van der Waals surface area contributed by atoms with Crippen LogP contribution in [0.4, 0.5) is 0 Å². The van der Waals surface area contributed by atoms with E-state index in [-0.39, 0.29) is 11.6 Å². The molecule has 1 aromatic carbocycles. The number of benzene rings is 1. The molecular formula is C17H26N2OS2. The maximum absolute atomic E-state index is 13.2. The van der Waals surface area contributed by atoms with E-state index in [0.717, 1.165) is 29.5 Å². The summed E-state index contributed by atoms with van der Waals surface area (Å²) in [5.41, 5.74) is 0.832. The van der Waals surface area contributed by atoms with Gasteiger partial charge in [-0.15, -0.1) is 11.3 Å². The summed E-state index contributed by atoms with van der Waals surface area (Å²) in [7, 11) is -1.22. The summed E-state index contributed by atoms with van der Waals surface area (Å²) in [5, 5.41) is 0. The number of para-hydroxylation sites is 1. The predicted molar refractivity (Wildman–Crippen MR) is 96.6 cm³/mol. The second-order valence-electron chi connectivity index (χ2n) is 6.53. The smallest absolute Gasteiger partial charge is 0.197 e. The van der Waals surface area contributed by atoms with Gasteiger partial charge in [0.2, 0.25) is 0 Å². The number of rotatable bonds is 7. The van der Waals surface area contributed by atoms with Crippen molar-refractivity contribution >= 4 is 32.5 Å². The van der Waals surface area contributed by atoms with E-state index in [4.69, 9.17) is 0 Å². The van der Waals surface area contributed by atoms with Gasteiger partial charge < -0.3 is 0 Å². The highest BCUT2D eigenvalue weighted by Crippen LogP contribution is 2.32. The number of hydrogen-bond donors (Lipinski definition) is 0. The van der Waals surface area contributed by atoms with Gasteiger partial charge in [0, 0.05) is 11.6 Å². The van der Waals surface area contributed by atoms with Crippen LogP contribution in [0.3, 0.4) is 0 Å². The Balaban J connectivity index is 2.33. The molecule has 0 aliphatic rings. The molecule has 0 spiro atoms. The van der Waals surface area contributed by atoms with Gasteiger partial charge >= 0.3 is 0 Å². The van der Waals surface area contributed by atoms with Gasteiger partial charge in [-0.2, -0.15) is 0 Å². The maximum atomic E-state index is 13.2. The van der Waals surface area contributed by atoms with Crippen molar-refractivity contribution in [2.45, 2.75) is 69.8 Å². The Kier molecular flexibility index (Phi) is 5.75. The zero-order valence-corrected chi connectivity index (χ0v) is 15.8. The van der Waals surface area contributed by atoms with Gasteiger partial charge in [0.25, 0.3) is 0 Å². The molecule has 0 bridgehead atoms. The van der Waals surface area contributed by atoms with Crippen molar-refractivity contribution in [3.63, 3.8) is 0 Å². The highest BCUT2D eigenvalue weighted by Gasteiger charge is 2.34. The molecule has 2 aromatic rings. The molecule has 0 saturated carbocycles. The third kappa shape index (κ3) is 3.76. The number of nitrogens with zero attached hydrogens (tertiary/aromatic N) is 2. The topological polar surface area (TPSA) is 33.2 Å². The fourth-order valence-electron chi connectivity index (χ4n) is 2.84. The van der Waals surface area contributed by atoms with Gasteiger partial charge in [-0.25, -0.2) is 13.5 Å². The molecule has 22 heavy (non-hydrogen) atoms. The lowest BCUT2D eigenvalue weighted by atomic mass is 9.96. The third-order valence-corrected chi connectivity index (χ3v) is 6.98. The van der Waals surface area contributed by atoms with Gasteiger partial charge in [0.1, 0.15) is 0 Å². The maximum Gasteiger partial charge on any atom is 0.197 e. The predicted octanol–water partition coefficient (Wildman–Crippen LogP) is 5.00. The van der Waals surface area contributed by atoms with E-state index in [2.05, 4.69) is 43.9 Å². The molecule has 1 unspecified atom stereocenters. The quantitative estimate of drug-likeness (QED) is 0.712. The van der Waals surface area contributed by atoms with E-state index >= 15 is 0 Å². The molecule has 0 aliphatic heterocycles. The fraction of sp³-hybridized carbons (Fsp3) is 0.588. The van der Waals surface area contributed by atoms with Crippen molar-refractivity contribution in [2.24, 2.45) is 0 Å². The molecule has 2 rings (SSSR count). The highest BCUT2D eigenvalue weighted by atomic mass is 32.2. The standard InChI is InChI=1S/C17H26N2OS2/c1-6-7-12-17(4,5)19(13(2)3)22(20)16-18-14-10-8-9-11-15(14)21-16/h8-11,13H,6-7,12H2,1-5H3. The summed E-state index contributed by atoms with van der Waals surface area (Å²) < 4.78 is 17.1. The minimum absolute atomic E-state index is 0.104. The first kappa shape index (κ1) is 17.6. The Hall–Kier alpha value is -0.780. The number of hydrogen-bond acceptors (Lipinski definition) is 3. The van der Waals surface area contributed by atoms with Gasteiger partial charge in [0.05, 0.1) is 10.2 Å². The van der Waals surface area contributed by atoms with Crippen molar-refractivity contribution in [2.75, 3.05) is 0 Å². The van der Waals surface area contributed by atoms with Crippen molar-refractivity contribution < 1.29 is 4.21 Å². The average molecular weight is 339 g/mol. The summed E-state index contributed by atoms with van der Waals surface area (Å²) in [6.45, 7) is 10.8. The largest absolute Gasteiger partial charge is 0.235 e. The van der Waals surface area contributed by atoms with E-state index in [9.17, 15) is 4.21 Å². The molecule has 0 amide bonds.